The third kappa shape index (κ3) is 3.55. The number of hydrogen-bond donors (Lipinski definition) is 2. The molecular formula is C15H21FN2O2. The molecule has 1 unspecified atom stereocenters. The molecule has 1 aliphatic heterocycles. The van der Waals surface area contributed by atoms with Gasteiger partial charge in [-0.3, -0.25) is 9.69 Å². The zero-order valence-corrected chi connectivity index (χ0v) is 11.5. The highest BCUT2D eigenvalue weighted by Gasteiger charge is 2.22. The van der Waals surface area contributed by atoms with Crippen LogP contribution < -0.4 is 5.73 Å². The van der Waals surface area contributed by atoms with E-state index in [2.05, 4.69) is 4.90 Å². The Kier molecular flexibility index (Phi) is 5.09. The van der Waals surface area contributed by atoms with Crippen molar-refractivity contribution in [3.05, 3.63) is 35.1 Å². The predicted molar refractivity (Wildman–Crippen MR) is 74.7 cm³/mol. The number of hydrogen-bond acceptors (Lipinski definition) is 3. The van der Waals surface area contributed by atoms with Gasteiger partial charge in [-0.25, -0.2) is 4.39 Å². The van der Waals surface area contributed by atoms with Crippen molar-refractivity contribution in [3.63, 3.8) is 0 Å². The fourth-order valence-electron chi connectivity index (χ4n) is 2.79. The van der Waals surface area contributed by atoms with Crippen molar-refractivity contribution in [1.82, 2.24) is 4.90 Å². The van der Waals surface area contributed by atoms with Crippen LogP contribution in [0.3, 0.4) is 0 Å². The first-order chi connectivity index (χ1) is 9.61. The van der Waals surface area contributed by atoms with Crippen molar-refractivity contribution in [3.8, 4) is 0 Å². The molecule has 20 heavy (non-hydrogen) atoms. The first-order valence-electron chi connectivity index (χ1n) is 7.05. The van der Waals surface area contributed by atoms with E-state index in [-0.39, 0.29) is 12.2 Å². The van der Waals surface area contributed by atoms with E-state index in [0.717, 1.165) is 32.2 Å². The van der Waals surface area contributed by atoms with Crippen LogP contribution in [0, 0.1) is 5.82 Å². The zero-order valence-electron chi connectivity index (χ0n) is 11.5. The molecule has 1 amide bonds. The van der Waals surface area contributed by atoms with Gasteiger partial charge in [-0.2, -0.15) is 0 Å². The first kappa shape index (κ1) is 14.9. The number of primary amides is 1. The Morgan fingerprint density at radius 1 is 1.45 bits per heavy atom. The number of likely N-dealkylation sites (tertiary alicyclic amines) is 1. The molecule has 1 fully saturated rings. The summed E-state index contributed by atoms with van der Waals surface area (Å²) in [6.45, 7) is 1.58. The lowest BCUT2D eigenvalue weighted by Crippen LogP contribution is -2.39. The minimum Gasteiger partial charge on any atom is -0.396 e. The topological polar surface area (TPSA) is 66.6 Å². The van der Waals surface area contributed by atoms with E-state index in [1.54, 1.807) is 12.1 Å². The van der Waals surface area contributed by atoms with Crippen molar-refractivity contribution in [2.45, 2.75) is 38.3 Å². The summed E-state index contributed by atoms with van der Waals surface area (Å²) in [5, 5.41) is 9.10. The van der Waals surface area contributed by atoms with Gasteiger partial charge in [-0.15, -0.1) is 0 Å². The standard InChI is InChI=1S/C15H21FN2O2/c16-14-9-11(15(17)20)4-5-12(14)10-18-7-2-1-3-13(18)6-8-19/h4-5,9,13,19H,1-3,6-8,10H2,(H2,17,20). The Hall–Kier alpha value is -1.46. The van der Waals surface area contributed by atoms with Crippen molar-refractivity contribution < 1.29 is 14.3 Å². The lowest BCUT2D eigenvalue weighted by Gasteiger charge is -2.35. The number of benzene rings is 1. The van der Waals surface area contributed by atoms with Gasteiger partial charge >= 0.3 is 0 Å². The fraction of sp³-hybridized carbons (Fsp3) is 0.533. The van der Waals surface area contributed by atoms with Gasteiger partial charge in [0.1, 0.15) is 5.82 Å². The molecule has 1 aromatic rings. The van der Waals surface area contributed by atoms with Gasteiger partial charge in [0.2, 0.25) is 5.91 Å². The van der Waals surface area contributed by atoms with Gasteiger partial charge in [0.25, 0.3) is 0 Å². The van der Waals surface area contributed by atoms with Crippen LogP contribution in [0.1, 0.15) is 41.6 Å². The molecule has 5 heteroatoms. The molecule has 2 rings (SSSR count). The molecule has 0 saturated carbocycles. The van der Waals surface area contributed by atoms with E-state index in [1.807, 2.05) is 0 Å². The second kappa shape index (κ2) is 6.81. The number of halogens is 1. The second-order valence-electron chi connectivity index (χ2n) is 5.30. The first-order valence-corrected chi connectivity index (χ1v) is 7.05. The molecule has 0 radical (unpaired) electrons. The molecule has 1 aromatic carbocycles. The van der Waals surface area contributed by atoms with Gasteiger partial charge in [0, 0.05) is 30.3 Å². The van der Waals surface area contributed by atoms with Crippen molar-refractivity contribution in [2.24, 2.45) is 5.73 Å². The molecule has 1 heterocycles. The predicted octanol–water partition coefficient (Wildman–Crippen LogP) is 1.66. The lowest BCUT2D eigenvalue weighted by molar-refractivity contribution is 0.0999. The quantitative estimate of drug-likeness (QED) is 0.862. The molecule has 0 spiro atoms. The molecule has 0 aliphatic carbocycles. The highest BCUT2D eigenvalue weighted by atomic mass is 19.1. The smallest absolute Gasteiger partial charge is 0.248 e. The third-order valence-corrected chi connectivity index (χ3v) is 3.92. The molecule has 4 nitrogen and oxygen atoms in total. The number of nitrogens with two attached hydrogens (primary N) is 1. The molecule has 1 saturated heterocycles. The van der Waals surface area contributed by atoms with Crippen LogP contribution in [0.15, 0.2) is 18.2 Å². The summed E-state index contributed by atoms with van der Waals surface area (Å²) in [5.74, 6) is -1.01. The molecule has 0 aromatic heterocycles. The number of piperidine rings is 1. The second-order valence-corrected chi connectivity index (χ2v) is 5.30. The van der Waals surface area contributed by atoms with Crippen LogP contribution in [0.2, 0.25) is 0 Å². The van der Waals surface area contributed by atoms with Crippen LogP contribution in [0.25, 0.3) is 0 Å². The van der Waals surface area contributed by atoms with Gasteiger partial charge in [-0.05, 0) is 37.9 Å². The maximum absolute atomic E-state index is 14.0. The summed E-state index contributed by atoms with van der Waals surface area (Å²) in [4.78, 5) is 13.2. The monoisotopic (exact) mass is 280 g/mol. The molecule has 3 N–H and O–H groups in total. The maximum atomic E-state index is 14.0. The summed E-state index contributed by atoms with van der Waals surface area (Å²) >= 11 is 0. The van der Waals surface area contributed by atoms with Gasteiger partial charge in [0.05, 0.1) is 0 Å². The van der Waals surface area contributed by atoms with E-state index in [9.17, 15) is 9.18 Å². The summed E-state index contributed by atoms with van der Waals surface area (Å²) in [6, 6.07) is 4.69. The van der Waals surface area contributed by atoms with Gasteiger partial charge in [0.15, 0.2) is 0 Å². The number of rotatable bonds is 5. The van der Waals surface area contributed by atoms with Crippen molar-refractivity contribution in [1.29, 1.82) is 0 Å². The van der Waals surface area contributed by atoms with E-state index >= 15 is 0 Å². The number of aliphatic hydroxyl groups is 1. The minimum atomic E-state index is -0.619. The van der Waals surface area contributed by atoms with Gasteiger partial charge in [-0.1, -0.05) is 12.5 Å². The highest BCUT2D eigenvalue weighted by Crippen LogP contribution is 2.23. The van der Waals surface area contributed by atoms with Crippen LogP contribution in [0.5, 0.6) is 0 Å². The maximum Gasteiger partial charge on any atom is 0.248 e. The normalized spacial score (nSPS) is 20.0. The molecule has 110 valence electrons. The third-order valence-electron chi connectivity index (χ3n) is 3.92. The van der Waals surface area contributed by atoms with Crippen LogP contribution in [-0.2, 0) is 6.54 Å². The Labute approximate surface area is 118 Å². The van der Waals surface area contributed by atoms with Crippen molar-refractivity contribution in [2.75, 3.05) is 13.2 Å². The Bertz CT molecular complexity index is 477. The number of aliphatic hydroxyl groups excluding tert-OH is 1. The Morgan fingerprint density at radius 3 is 2.90 bits per heavy atom. The average Bonchev–Trinajstić information content (AvgIpc) is 2.43. The van der Waals surface area contributed by atoms with Crippen molar-refractivity contribution >= 4 is 5.91 Å². The lowest BCUT2D eigenvalue weighted by atomic mass is 9.98. The number of nitrogens with zero attached hydrogens (tertiary/aromatic N) is 1. The summed E-state index contributed by atoms with van der Waals surface area (Å²) in [6.07, 6.45) is 4.02. The molecule has 1 aliphatic rings. The highest BCUT2D eigenvalue weighted by molar-refractivity contribution is 5.92. The summed E-state index contributed by atoms with van der Waals surface area (Å²) in [5.41, 5.74) is 5.90. The average molecular weight is 280 g/mol. The van der Waals surface area contributed by atoms with E-state index in [4.69, 9.17) is 10.8 Å². The number of amides is 1. The van der Waals surface area contributed by atoms with Crippen LogP contribution in [-0.4, -0.2) is 35.1 Å². The van der Waals surface area contributed by atoms with Crippen LogP contribution in [0.4, 0.5) is 4.39 Å². The Morgan fingerprint density at radius 2 is 2.25 bits per heavy atom. The molecule has 1 atom stereocenters. The van der Waals surface area contributed by atoms with E-state index in [0.29, 0.717) is 18.2 Å². The molecule has 0 bridgehead atoms. The van der Waals surface area contributed by atoms with E-state index < -0.39 is 11.7 Å². The number of carbonyl (C=O) groups is 1. The number of carbonyl (C=O) groups excluding carboxylic acids is 1. The van der Waals surface area contributed by atoms with E-state index in [1.165, 1.54) is 6.07 Å². The van der Waals surface area contributed by atoms with Gasteiger partial charge < -0.3 is 10.8 Å². The largest absolute Gasteiger partial charge is 0.396 e. The fourth-order valence-corrected chi connectivity index (χ4v) is 2.79. The summed E-state index contributed by atoms with van der Waals surface area (Å²) < 4.78 is 14.0. The minimum absolute atomic E-state index is 0.157. The van der Waals surface area contributed by atoms with Crippen LogP contribution >= 0.6 is 0 Å². The molecular weight excluding hydrogens is 259 g/mol. The zero-order chi connectivity index (χ0) is 14.5. The Balaban J connectivity index is 2.09. The SMILES string of the molecule is NC(=O)c1ccc(CN2CCCCC2CCO)c(F)c1. The summed E-state index contributed by atoms with van der Waals surface area (Å²) in [7, 11) is 0.